The summed E-state index contributed by atoms with van der Waals surface area (Å²) in [6.45, 7) is 0. The van der Waals surface area contributed by atoms with Gasteiger partial charge in [0, 0.05) is 24.2 Å². The highest BCUT2D eigenvalue weighted by molar-refractivity contribution is 5.91. The number of ether oxygens (including phenoxy) is 1. The molecule has 126 valence electrons. The van der Waals surface area contributed by atoms with Gasteiger partial charge in [-0.1, -0.05) is 12.1 Å². The largest absolute Gasteiger partial charge is 0.497 e. The van der Waals surface area contributed by atoms with Gasteiger partial charge in [-0.05, 0) is 56.5 Å². The number of hydrogen-bond acceptors (Lipinski definition) is 3. The molecule has 2 aliphatic heterocycles. The van der Waals surface area contributed by atoms with Crippen LogP contribution in [0.1, 0.15) is 31.2 Å². The summed E-state index contributed by atoms with van der Waals surface area (Å²) < 4.78 is 5.12. The molecule has 5 heteroatoms. The van der Waals surface area contributed by atoms with E-state index in [9.17, 15) is 4.79 Å². The number of amides is 1. The van der Waals surface area contributed by atoms with Crippen LogP contribution in [0.4, 0.5) is 0 Å². The Hall–Kier alpha value is -1.52. The van der Waals surface area contributed by atoms with E-state index in [4.69, 9.17) is 4.74 Å². The summed E-state index contributed by atoms with van der Waals surface area (Å²) in [5.41, 5.74) is 0.999. The Morgan fingerprint density at radius 2 is 1.83 bits per heavy atom. The molecule has 2 unspecified atom stereocenters. The topological polar surface area (TPSA) is 41.6 Å². The number of carbonyl (C=O) groups excluding carboxylic acids is 1. The van der Waals surface area contributed by atoms with Crippen molar-refractivity contribution < 1.29 is 9.53 Å². The van der Waals surface area contributed by atoms with Crippen LogP contribution in [0.5, 0.6) is 5.75 Å². The average Bonchev–Trinajstić information content (AvgIpc) is 2.75. The van der Waals surface area contributed by atoms with E-state index in [2.05, 4.69) is 17.3 Å². The second-order valence-electron chi connectivity index (χ2n) is 6.33. The molecule has 2 saturated heterocycles. The highest BCUT2D eigenvalue weighted by atomic mass is 35.5. The van der Waals surface area contributed by atoms with Crippen molar-refractivity contribution in [3.8, 4) is 5.75 Å². The van der Waals surface area contributed by atoms with Gasteiger partial charge < -0.3 is 15.0 Å². The third kappa shape index (κ3) is 4.27. The highest BCUT2D eigenvalue weighted by Gasteiger charge is 2.38. The van der Waals surface area contributed by atoms with Crippen LogP contribution in [0.2, 0.25) is 0 Å². The SMILES string of the molecule is COc1ccc(C=CC(=O)NC2CC3CCC(C2)N3C)cc1.Cl. The molecule has 1 amide bonds. The van der Waals surface area contributed by atoms with Gasteiger partial charge >= 0.3 is 0 Å². The minimum atomic E-state index is 0. The van der Waals surface area contributed by atoms with Gasteiger partial charge in [-0.25, -0.2) is 0 Å². The predicted molar refractivity (Wildman–Crippen MR) is 95.0 cm³/mol. The molecule has 2 fully saturated rings. The molecule has 1 aromatic carbocycles. The molecule has 2 heterocycles. The van der Waals surface area contributed by atoms with Crippen molar-refractivity contribution in [3.63, 3.8) is 0 Å². The summed E-state index contributed by atoms with van der Waals surface area (Å²) in [5, 5.41) is 3.16. The van der Waals surface area contributed by atoms with Crippen molar-refractivity contribution in [1.82, 2.24) is 10.2 Å². The van der Waals surface area contributed by atoms with Crippen molar-refractivity contribution in [2.24, 2.45) is 0 Å². The Morgan fingerprint density at radius 3 is 2.39 bits per heavy atom. The third-order valence-corrected chi connectivity index (χ3v) is 4.99. The fraction of sp³-hybridized carbons (Fsp3) is 0.500. The molecule has 2 bridgehead atoms. The Labute approximate surface area is 144 Å². The first-order chi connectivity index (χ1) is 10.7. The first kappa shape index (κ1) is 17.8. The number of nitrogens with one attached hydrogen (secondary N) is 1. The van der Waals surface area contributed by atoms with E-state index in [1.807, 2.05) is 30.3 Å². The average molecular weight is 337 g/mol. The van der Waals surface area contributed by atoms with Gasteiger partial charge in [0.05, 0.1) is 7.11 Å². The lowest BCUT2D eigenvalue weighted by molar-refractivity contribution is -0.117. The standard InChI is InChI=1S/C18H24N2O2.ClH/c1-20-15-6-7-16(20)12-14(11-15)19-18(21)10-5-13-3-8-17(22-2)9-4-13;/h3-5,8-10,14-16H,6-7,11-12H2,1-2H3,(H,19,21);1H. The maximum Gasteiger partial charge on any atom is 0.244 e. The molecule has 2 aliphatic rings. The second-order valence-corrected chi connectivity index (χ2v) is 6.33. The first-order valence-electron chi connectivity index (χ1n) is 8.00. The monoisotopic (exact) mass is 336 g/mol. The van der Waals surface area contributed by atoms with Crippen LogP contribution in [0, 0.1) is 0 Å². The van der Waals surface area contributed by atoms with E-state index in [0.717, 1.165) is 24.2 Å². The van der Waals surface area contributed by atoms with Crippen molar-refractivity contribution in [1.29, 1.82) is 0 Å². The molecule has 2 atom stereocenters. The lowest BCUT2D eigenvalue weighted by atomic mass is 9.98. The molecule has 0 spiro atoms. The van der Waals surface area contributed by atoms with Crippen LogP contribution in [0.25, 0.3) is 6.08 Å². The minimum absolute atomic E-state index is 0. The molecular weight excluding hydrogens is 312 g/mol. The number of benzene rings is 1. The van der Waals surface area contributed by atoms with E-state index in [1.165, 1.54) is 12.8 Å². The van der Waals surface area contributed by atoms with Gasteiger partial charge in [-0.3, -0.25) is 4.79 Å². The summed E-state index contributed by atoms with van der Waals surface area (Å²) >= 11 is 0. The van der Waals surface area contributed by atoms with Crippen molar-refractivity contribution in [2.75, 3.05) is 14.2 Å². The van der Waals surface area contributed by atoms with Gasteiger partial charge in [-0.2, -0.15) is 0 Å². The molecule has 3 rings (SSSR count). The summed E-state index contributed by atoms with van der Waals surface area (Å²) in [6, 6.07) is 9.29. The first-order valence-corrected chi connectivity index (χ1v) is 8.00. The highest BCUT2D eigenvalue weighted by Crippen LogP contribution is 2.34. The Bertz CT molecular complexity index is 545. The predicted octanol–water partition coefficient (Wildman–Crippen LogP) is 2.87. The number of methoxy groups -OCH3 is 1. The van der Waals surface area contributed by atoms with Crippen molar-refractivity contribution in [3.05, 3.63) is 35.9 Å². The number of piperidine rings is 1. The van der Waals surface area contributed by atoms with Gasteiger partial charge in [0.25, 0.3) is 0 Å². The molecule has 0 aromatic heterocycles. The van der Waals surface area contributed by atoms with Gasteiger partial charge in [0.15, 0.2) is 0 Å². The summed E-state index contributed by atoms with van der Waals surface area (Å²) in [4.78, 5) is 14.6. The molecule has 1 aromatic rings. The molecule has 0 saturated carbocycles. The zero-order chi connectivity index (χ0) is 15.5. The van der Waals surface area contributed by atoms with Crippen LogP contribution >= 0.6 is 12.4 Å². The van der Waals surface area contributed by atoms with Crippen LogP contribution in [0.3, 0.4) is 0 Å². The lowest BCUT2D eigenvalue weighted by Crippen LogP contribution is -2.48. The molecule has 4 nitrogen and oxygen atoms in total. The summed E-state index contributed by atoms with van der Waals surface area (Å²) in [6.07, 6.45) is 8.18. The molecule has 0 aliphatic carbocycles. The number of carbonyl (C=O) groups is 1. The minimum Gasteiger partial charge on any atom is -0.497 e. The van der Waals surface area contributed by atoms with Gasteiger partial charge in [0.1, 0.15) is 5.75 Å². The Kier molecular flexibility index (Phi) is 6.08. The number of fused-ring (bicyclic) bond motifs is 2. The summed E-state index contributed by atoms with van der Waals surface area (Å²) in [7, 11) is 3.86. The molecular formula is C18H25ClN2O2. The number of halogens is 1. The summed E-state index contributed by atoms with van der Waals surface area (Å²) in [5.74, 6) is 0.827. The molecule has 23 heavy (non-hydrogen) atoms. The van der Waals surface area contributed by atoms with Crippen molar-refractivity contribution >= 4 is 24.4 Å². The van der Waals surface area contributed by atoms with Crippen LogP contribution in [-0.4, -0.2) is 43.1 Å². The maximum atomic E-state index is 12.1. The normalized spacial score (nSPS) is 26.8. The van der Waals surface area contributed by atoms with Crippen LogP contribution in [0.15, 0.2) is 30.3 Å². The van der Waals surface area contributed by atoms with Crippen LogP contribution < -0.4 is 10.1 Å². The van der Waals surface area contributed by atoms with Crippen molar-refractivity contribution in [2.45, 2.75) is 43.8 Å². The van der Waals surface area contributed by atoms with E-state index in [0.29, 0.717) is 18.1 Å². The Balaban J connectivity index is 0.00000192. The van der Waals surface area contributed by atoms with E-state index in [-0.39, 0.29) is 18.3 Å². The zero-order valence-corrected chi connectivity index (χ0v) is 14.5. The number of nitrogens with zero attached hydrogens (tertiary/aromatic N) is 1. The van der Waals surface area contributed by atoms with E-state index < -0.39 is 0 Å². The maximum absolute atomic E-state index is 12.1. The smallest absolute Gasteiger partial charge is 0.244 e. The Morgan fingerprint density at radius 1 is 1.22 bits per heavy atom. The lowest BCUT2D eigenvalue weighted by Gasteiger charge is -2.36. The fourth-order valence-electron chi connectivity index (χ4n) is 3.67. The van der Waals surface area contributed by atoms with E-state index >= 15 is 0 Å². The van der Waals surface area contributed by atoms with E-state index in [1.54, 1.807) is 13.2 Å². The number of hydrogen-bond donors (Lipinski definition) is 1. The molecule has 1 N–H and O–H groups in total. The second kappa shape index (κ2) is 7.84. The van der Waals surface area contributed by atoms with Gasteiger partial charge in [-0.15, -0.1) is 12.4 Å². The fourth-order valence-corrected chi connectivity index (χ4v) is 3.67. The zero-order valence-electron chi connectivity index (χ0n) is 13.7. The third-order valence-electron chi connectivity index (χ3n) is 4.99. The number of rotatable bonds is 4. The van der Waals surface area contributed by atoms with Gasteiger partial charge in [0.2, 0.25) is 5.91 Å². The quantitative estimate of drug-likeness (QED) is 0.860. The molecule has 0 radical (unpaired) electrons. The van der Waals surface area contributed by atoms with Crippen LogP contribution in [-0.2, 0) is 4.79 Å².